The summed E-state index contributed by atoms with van der Waals surface area (Å²) in [6.45, 7) is 0.175. The summed E-state index contributed by atoms with van der Waals surface area (Å²) in [6.07, 6.45) is 4.62. The molecule has 2 aliphatic rings. The smallest absolute Gasteiger partial charge is 0.229 e. The summed E-state index contributed by atoms with van der Waals surface area (Å²) in [5.41, 5.74) is 2.13. The highest BCUT2D eigenvalue weighted by Crippen LogP contribution is 2.41. The molecule has 1 saturated carbocycles. The molecule has 1 amide bonds. The number of oxime groups is 1. The topological polar surface area (TPSA) is 96.9 Å². The normalized spacial score (nSPS) is 22.8. The van der Waals surface area contributed by atoms with Gasteiger partial charge in [-0.2, -0.15) is 0 Å². The quantitative estimate of drug-likeness (QED) is 0.690. The summed E-state index contributed by atoms with van der Waals surface area (Å²) in [5.74, 6) is -0.879. The fourth-order valence-corrected chi connectivity index (χ4v) is 4.83. The molecule has 4 rings (SSSR count). The van der Waals surface area contributed by atoms with Crippen LogP contribution in [0.25, 0.3) is 0 Å². The molecule has 0 unspecified atom stereocenters. The largest absolute Gasteiger partial charge is 0.389 e. The molecule has 0 bridgehead atoms. The maximum absolute atomic E-state index is 14.1. The van der Waals surface area contributed by atoms with Crippen LogP contribution < -0.4 is 10.0 Å². The van der Waals surface area contributed by atoms with Crippen molar-refractivity contribution in [3.05, 3.63) is 65.5 Å². The fourth-order valence-electron chi connectivity index (χ4n) is 4.27. The number of nitrogens with one attached hydrogen (secondary N) is 2. The van der Waals surface area contributed by atoms with E-state index < -0.39 is 15.8 Å². The predicted octanol–water partition coefficient (Wildman–Crippen LogP) is 3.57. The SMILES string of the molecule is CS(=O)(=O)Nc1ccc(CNC(=O)[C@H]2CC[C@@]3(CC2)CC(c2ccccc2)=NO3)cc1F. The molecule has 1 spiro atoms. The van der Waals surface area contributed by atoms with Gasteiger partial charge in [-0.3, -0.25) is 9.52 Å². The number of sulfonamides is 1. The lowest BCUT2D eigenvalue weighted by molar-refractivity contribution is -0.129. The summed E-state index contributed by atoms with van der Waals surface area (Å²) in [5, 5.41) is 7.17. The average Bonchev–Trinajstić information content (AvgIpc) is 3.17. The molecule has 2 N–H and O–H groups in total. The molecule has 1 aliphatic carbocycles. The number of halogens is 1. The van der Waals surface area contributed by atoms with E-state index in [0.29, 0.717) is 18.4 Å². The van der Waals surface area contributed by atoms with Gasteiger partial charge in [-0.25, -0.2) is 12.8 Å². The van der Waals surface area contributed by atoms with Crippen LogP contribution in [-0.4, -0.2) is 31.9 Å². The molecule has 9 heteroatoms. The molecule has 1 fully saturated rings. The first-order valence-electron chi connectivity index (χ1n) is 10.6. The predicted molar refractivity (Wildman–Crippen MR) is 120 cm³/mol. The van der Waals surface area contributed by atoms with Gasteiger partial charge >= 0.3 is 0 Å². The first-order chi connectivity index (χ1) is 15.2. The van der Waals surface area contributed by atoms with Gasteiger partial charge in [0.1, 0.15) is 11.4 Å². The van der Waals surface area contributed by atoms with Gasteiger partial charge < -0.3 is 10.2 Å². The van der Waals surface area contributed by atoms with Crippen LogP contribution in [0.3, 0.4) is 0 Å². The second-order valence-corrected chi connectivity index (χ2v) is 10.3. The molecular formula is C23H26FN3O4S. The van der Waals surface area contributed by atoms with Gasteiger partial charge in [-0.05, 0) is 48.9 Å². The highest BCUT2D eigenvalue weighted by atomic mass is 32.2. The van der Waals surface area contributed by atoms with Gasteiger partial charge in [0, 0.05) is 18.9 Å². The van der Waals surface area contributed by atoms with Crippen molar-refractivity contribution in [1.29, 1.82) is 0 Å². The van der Waals surface area contributed by atoms with Gasteiger partial charge in [0.2, 0.25) is 15.9 Å². The molecule has 7 nitrogen and oxygen atoms in total. The number of carbonyl (C=O) groups excluding carboxylic acids is 1. The molecule has 2 aromatic rings. The second-order valence-electron chi connectivity index (χ2n) is 8.54. The van der Waals surface area contributed by atoms with Gasteiger partial charge in [-0.15, -0.1) is 0 Å². The van der Waals surface area contributed by atoms with Crippen molar-refractivity contribution in [3.63, 3.8) is 0 Å². The zero-order chi connectivity index (χ0) is 22.8. The number of amides is 1. The molecule has 0 radical (unpaired) electrons. The van der Waals surface area contributed by atoms with E-state index in [2.05, 4.69) is 15.2 Å². The second kappa shape index (κ2) is 8.90. The summed E-state index contributed by atoms with van der Waals surface area (Å²) >= 11 is 0. The van der Waals surface area contributed by atoms with E-state index in [-0.39, 0.29) is 29.7 Å². The van der Waals surface area contributed by atoms with E-state index in [4.69, 9.17) is 4.84 Å². The van der Waals surface area contributed by atoms with Gasteiger partial charge in [0.05, 0.1) is 17.7 Å². The molecule has 170 valence electrons. The fraction of sp³-hybridized carbons (Fsp3) is 0.391. The lowest BCUT2D eigenvalue weighted by Gasteiger charge is -2.34. The van der Waals surface area contributed by atoms with E-state index in [1.165, 1.54) is 12.1 Å². The minimum absolute atomic E-state index is 0.0687. The number of hydrogen-bond acceptors (Lipinski definition) is 5. The summed E-state index contributed by atoms with van der Waals surface area (Å²) in [7, 11) is -3.56. The third-order valence-electron chi connectivity index (χ3n) is 6.01. The van der Waals surface area contributed by atoms with E-state index in [9.17, 15) is 17.6 Å². The lowest BCUT2D eigenvalue weighted by atomic mass is 9.76. The average molecular weight is 460 g/mol. The Morgan fingerprint density at radius 1 is 1.19 bits per heavy atom. The highest BCUT2D eigenvalue weighted by Gasteiger charge is 2.43. The molecule has 1 heterocycles. The Morgan fingerprint density at radius 3 is 2.56 bits per heavy atom. The molecule has 0 saturated heterocycles. The van der Waals surface area contributed by atoms with Crippen LogP contribution in [-0.2, 0) is 26.2 Å². The monoisotopic (exact) mass is 459 g/mol. The number of carbonyl (C=O) groups is 1. The third kappa shape index (κ3) is 5.27. The summed E-state index contributed by atoms with van der Waals surface area (Å²) in [4.78, 5) is 18.5. The Hall–Kier alpha value is -2.94. The third-order valence-corrected chi connectivity index (χ3v) is 6.60. The number of benzene rings is 2. The number of nitrogens with zero attached hydrogens (tertiary/aromatic N) is 1. The zero-order valence-corrected chi connectivity index (χ0v) is 18.6. The Labute approximate surface area is 187 Å². The van der Waals surface area contributed by atoms with Crippen LogP contribution in [0.5, 0.6) is 0 Å². The van der Waals surface area contributed by atoms with Crippen molar-refractivity contribution in [3.8, 4) is 0 Å². The molecule has 2 aromatic carbocycles. The Balaban J connectivity index is 1.27. The maximum atomic E-state index is 14.1. The molecule has 32 heavy (non-hydrogen) atoms. The number of hydrogen-bond donors (Lipinski definition) is 2. The van der Waals surface area contributed by atoms with Crippen LogP contribution >= 0.6 is 0 Å². The van der Waals surface area contributed by atoms with Crippen LogP contribution in [0.1, 0.15) is 43.2 Å². The Morgan fingerprint density at radius 2 is 1.91 bits per heavy atom. The maximum Gasteiger partial charge on any atom is 0.229 e. The van der Waals surface area contributed by atoms with Crippen LogP contribution in [0.4, 0.5) is 10.1 Å². The van der Waals surface area contributed by atoms with E-state index in [0.717, 1.165) is 36.8 Å². The van der Waals surface area contributed by atoms with Crippen molar-refractivity contribution in [2.45, 2.75) is 44.2 Å². The lowest BCUT2D eigenvalue weighted by Crippen LogP contribution is -2.39. The summed E-state index contributed by atoms with van der Waals surface area (Å²) in [6, 6.07) is 14.1. The van der Waals surface area contributed by atoms with Crippen LogP contribution in [0.15, 0.2) is 53.7 Å². The molecule has 0 aromatic heterocycles. The molecule has 1 aliphatic heterocycles. The number of rotatable bonds is 6. The Kier molecular flexibility index (Phi) is 6.19. The van der Waals surface area contributed by atoms with Crippen LogP contribution in [0.2, 0.25) is 0 Å². The van der Waals surface area contributed by atoms with Crippen LogP contribution in [0, 0.1) is 11.7 Å². The highest BCUT2D eigenvalue weighted by molar-refractivity contribution is 7.92. The first-order valence-corrected chi connectivity index (χ1v) is 12.5. The van der Waals surface area contributed by atoms with Crippen molar-refractivity contribution >= 4 is 27.3 Å². The molecular weight excluding hydrogens is 433 g/mol. The molecule has 0 atom stereocenters. The Bertz CT molecular complexity index is 1130. The van der Waals surface area contributed by atoms with E-state index in [1.807, 2.05) is 30.3 Å². The van der Waals surface area contributed by atoms with Crippen molar-refractivity contribution in [1.82, 2.24) is 5.32 Å². The van der Waals surface area contributed by atoms with Crippen molar-refractivity contribution < 1.29 is 22.4 Å². The minimum atomic E-state index is -3.56. The van der Waals surface area contributed by atoms with E-state index >= 15 is 0 Å². The van der Waals surface area contributed by atoms with Gasteiger partial charge in [-0.1, -0.05) is 41.6 Å². The van der Waals surface area contributed by atoms with Gasteiger partial charge in [0.15, 0.2) is 0 Å². The van der Waals surface area contributed by atoms with Gasteiger partial charge in [0.25, 0.3) is 0 Å². The zero-order valence-electron chi connectivity index (χ0n) is 17.8. The van der Waals surface area contributed by atoms with E-state index in [1.54, 1.807) is 6.07 Å². The number of anilines is 1. The standard InChI is InChI=1S/C23H26FN3O4S/c1-32(29,30)27-20-8-7-16(13-19(20)24)15-25-22(28)18-9-11-23(12-10-18)14-21(26-31-23)17-5-3-2-4-6-17/h2-8,13,18,27H,9-12,14-15H2,1H3,(H,25,28)/t18-,23+. The van der Waals surface area contributed by atoms with Crippen molar-refractivity contribution in [2.24, 2.45) is 11.1 Å². The first kappa shape index (κ1) is 22.3. The van der Waals surface area contributed by atoms with Crippen molar-refractivity contribution in [2.75, 3.05) is 11.0 Å². The minimum Gasteiger partial charge on any atom is -0.389 e. The summed E-state index contributed by atoms with van der Waals surface area (Å²) < 4.78 is 38.8.